The van der Waals surface area contributed by atoms with Gasteiger partial charge in [0.1, 0.15) is 0 Å². The Hall–Kier alpha value is -1.42. The first-order valence-corrected chi connectivity index (χ1v) is 7.15. The molecule has 112 valence electrons. The highest BCUT2D eigenvalue weighted by atomic mass is 16.5. The first kappa shape index (κ1) is 15.0. The number of rotatable bonds is 6. The Morgan fingerprint density at radius 3 is 2.00 bits per heavy atom. The SMILES string of the molecule is COc1cc(C(C)NC2CC(C)C2)cc(OC)c1OC. The summed E-state index contributed by atoms with van der Waals surface area (Å²) in [7, 11) is 4.91. The Labute approximate surface area is 121 Å². The van der Waals surface area contributed by atoms with Crippen LogP contribution in [0.15, 0.2) is 12.1 Å². The lowest BCUT2D eigenvalue weighted by Crippen LogP contribution is -2.41. The normalized spacial score (nSPS) is 22.9. The smallest absolute Gasteiger partial charge is 0.203 e. The molecule has 4 heteroatoms. The third-order valence-electron chi connectivity index (χ3n) is 4.05. The molecule has 0 spiro atoms. The van der Waals surface area contributed by atoms with Gasteiger partial charge in [0.05, 0.1) is 21.3 Å². The molecule has 4 nitrogen and oxygen atoms in total. The largest absolute Gasteiger partial charge is 0.493 e. The van der Waals surface area contributed by atoms with Crippen molar-refractivity contribution >= 4 is 0 Å². The van der Waals surface area contributed by atoms with E-state index < -0.39 is 0 Å². The molecule has 0 aliphatic heterocycles. The third kappa shape index (κ3) is 3.01. The number of hydrogen-bond donors (Lipinski definition) is 1. The molecule has 0 bridgehead atoms. The second-order valence-corrected chi connectivity index (χ2v) is 5.62. The Morgan fingerprint density at radius 2 is 1.60 bits per heavy atom. The average molecular weight is 279 g/mol. The molecule has 0 saturated heterocycles. The highest BCUT2D eigenvalue weighted by molar-refractivity contribution is 5.54. The fourth-order valence-corrected chi connectivity index (χ4v) is 2.84. The molecule has 1 saturated carbocycles. The highest BCUT2D eigenvalue weighted by Crippen LogP contribution is 2.40. The zero-order chi connectivity index (χ0) is 14.7. The van der Waals surface area contributed by atoms with Crippen LogP contribution in [0.3, 0.4) is 0 Å². The second-order valence-electron chi connectivity index (χ2n) is 5.62. The Kier molecular flexibility index (Phi) is 4.76. The van der Waals surface area contributed by atoms with Gasteiger partial charge < -0.3 is 19.5 Å². The maximum atomic E-state index is 5.40. The van der Waals surface area contributed by atoms with Crippen molar-refractivity contribution in [3.63, 3.8) is 0 Å². The number of ether oxygens (including phenoxy) is 3. The van der Waals surface area contributed by atoms with E-state index in [2.05, 4.69) is 19.2 Å². The lowest BCUT2D eigenvalue weighted by Gasteiger charge is -2.36. The molecule has 0 amide bonds. The van der Waals surface area contributed by atoms with Crippen LogP contribution in [-0.2, 0) is 0 Å². The van der Waals surface area contributed by atoms with Gasteiger partial charge in [0, 0.05) is 12.1 Å². The monoisotopic (exact) mass is 279 g/mol. The van der Waals surface area contributed by atoms with Crippen LogP contribution >= 0.6 is 0 Å². The van der Waals surface area contributed by atoms with Crippen LogP contribution in [0.5, 0.6) is 17.2 Å². The van der Waals surface area contributed by atoms with Gasteiger partial charge in [-0.2, -0.15) is 0 Å². The minimum absolute atomic E-state index is 0.265. The molecular weight excluding hydrogens is 254 g/mol. The van der Waals surface area contributed by atoms with E-state index in [-0.39, 0.29) is 6.04 Å². The van der Waals surface area contributed by atoms with Gasteiger partial charge in [-0.25, -0.2) is 0 Å². The van der Waals surface area contributed by atoms with Crippen LogP contribution < -0.4 is 19.5 Å². The molecule has 1 aliphatic rings. The predicted octanol–water partition coefficient (Wildman–Crippen LogP) is 3.16. The highest BCUT2D eigenvalue weighted by Gasteiger charge is 2.27. The van der Waals surface area contributed by atoms with E-state index in [1.807, 2.05) is 12.1 Å². The standard InChI is InChI=1S/C16H25NO3/c1-10-6-13(7-10)17-11(2)12-8-14(18-3)16(20-5)15(9-12)19-4/h8-11,13,17H,6-7H2,1-5H3. The molecular formula is C16H25NO3. The van der Waals surface area contributed by atoms with Crippen molar-refractivity contribution in [2.24, 2.45) is 5.92 Å². The van der Waals surface area contributed by atoms with Gasteiger partial charge in [0.15, 0.2) is 11.5 Å². The van der Waals surface area contributed by atoms with Gasteiger partial charge in [-0.3, -0.25) is 0 Å². The summed E-state index contributed by atoms with van der Waals surface area (Å²) in [5.41, 5.74) is 1.15. The maximum Gasteiger partial charge on any atom is 0.203 e. The molecule has 0 aromatic heterocycles. The van der Waals surface area contributed by atoms with E-state index in [0.29, 0.717) is 23.3 Å². The van der Waals surface area contributed by atoms with Crippen LogP contribution in [0.2, 0.25) is 0 Å². The van der Waals surface area contributed by atoms with Crippen molar-refractivity contribution in [3.05, 3.63) is 17.7 Å². The van der Waals surface area contributed by atoms with Gasteiger partial charge in [0.25, 0.3) is 0 Å². The summed E-state index contributed by atoms with van der Waals surface area (Å²) < 4.78 is 16.1. The first-order chi connectivity index (χ1) is 9.58. The van der Waals surface area contributed by atoms with Gasteiger partial charge in [-0.1, -0.05) is 6.92 Å². The molecule has 2 rings (SSSR count). The van der Waals surface area contributed by atoms with E-state index in [1.54, 1.807) is 21.3 Å². The minimum Gasteiger partial charge on any atom is -0.493 e. The van der Waals surface area contributed by atoms with Crippen molar-refractivity contribution in [2.45, 2.75) is 38.8 Å². The van der Waals surface area contributed by atoms with Crippen LogP contribution in [0.1, 0.15) is 38.3 Å². The molecule has 1 aromatic rings. The Balaban J connectivity index is 2.18. The van der Waals surface area contributed by atoms with Gasteiger partial charge >= 0.3 is 0 Å². The van der Waals surface area contributed by atoms with Crippen molar-refractivity contribution in [1.82, 2.24) is 5.32 Å². The molecule has 1 unspecified atom stereocenters. The zero-order valence-corrected chi connectivity index (χ0v) is 13.0. The average Bonchev–Trinajstić information content (AvgIpc) is 2.43. The summed E-state index contributed by atoms with van der Waals surface area (Å²) in [5, 5.41) is 3.65. The molecule has 1 aromatic carbocycles. The van der Waals surface area contributed by atoms with Crippen molar-refractivity contribution in [2.75, 3.05) is 21.3 Å². The van der Waals surface area contributed by atoms with Gasteiger partial charge in [-0.15, -0.1) is 0 Å². The summed E-state index contributed by atoms with van der Waals surface area (Å²) in [5.74, 6) is 2.90. The molecule has 0 heterocycles. The fourth-order valence-electron chi connectivity index (χ4n) is 2.84. The quantitative estimate of drug-likeness (QED) is 0.868. The maximum absolute atomic E-state index is 5.40. The number of benzene rings is 1. The predicted molar refractivity (Wildman–Crippen MR) is 79.8 cm³/mol. The Morgan fingerprint density at radius 1 is 1.05 bits per heavy atom. The van der Waals surface area contributed by atoms with E-state index in [0.717, 1.165) is 11.5 Å². The molecule has 0 radical (unpaired) electrons. The van der Waals surface area contributed by atoms with Crippen LogP contribution in [0.25, 0.3) is 0 Å². The van der Waals surface area contributed by atoms with E-state index >= 15 is 0 Å². The van der Waals surface area contributed by atoms with Gasteiger partial charge in [0.2, 0.25) is 5.75 Å². The molecule has 20 heavy (non-hydrogen) atoms. The summed E-state index contributed by atoms with van der Waals surface area (Å²) >= 11 is 0. The lowest BCUT2D eigenvalue weighted by molar-refractivity contribution is 0.226. The molecule has 1 N–H and O–H groups in total. The molecule has 1 atom stereocenters. The van der Waals surface area contributed by atoms with E-state index in [4.69, 9.17) is 14.2 Å². The Bertz CT molecular complexity index is 430. The van der Waals surface area contributed by atoms with Crippen molar-refractivity contribution < 1.29 is 14.2 Å². The van der Waals surface area contributed by atoms with E-state index in [9.17, 15) is 0 Å². The summed E-state index contributed by atoms with van der Waals surface area (Å²) in [6.45, 7) is 4.46. The zero-order valence-electron chi connectivity index (χ0n) is 13.0. The minimum atomic E-state index is 0.265. The summed E-state index contributed by atoms with van der Waals surface area (Å²) in [6, 6.07) is 4.92. The summed E-state index contributed by atoms with van der Waals surface area (Å²) in [4.78, 5) is 0. The first-order valence-electron chi connectivity index (χ1n) is 7.15. The number of nitrogens with one attached hydrogen (secondary N) is 1. The fraction of sp³-hybridized carbons (Fsp3) is 0.625. The topological polar surface area (TPSA) is 39.7 Å². The van der Waals surface area contributed by atoms with Crippen LogP contribution in [-0.4, -0.2) is 27.4 Å². The van der Waals surface area contributed by atoms with Gasteiger partial charge in [-0.05, 0) is 43.4 Å². The van der Waals surface area contributed by atoms with Crippen molar-refractivity contribution in [1.29, 1.82) is 0 Å². The molecule has 1 aliphatic carbocycles. The van der Waals surface area contributed by atoms with Crippen molar-refractivity contribution in [3.8, 4) is 17.2 Å². The second kappa shape index (κ2) is 6.35. The third-order valence-corrected chi connectivity index (χ3v) is 4.05. The van der Waals surface area contributed by atoms with Crippen LogP contribution in [0.4, 0.5) is 0 Å². The molecule has 1 fully saturated rings. The number of hydrogen-bond acceptors (Lipinski definition) is 4. The van der Waals surface area contributed by atoms with Crippen LogP contribution in [0, 0.1) is 5.92 Å². The summed E-state index contributed by atoms with van der Waals surface area (Å²) in [6.07, 6.45) is 2.52. The van der Waals surface area contributed by atoms with E-state index in [1.165, 1.54) is 12.8 Å². The lowest BCUT2D eigenvalue weighted by atomic mass is 9.81. The number of methoxy groups -OCH3 is 3.